The third-order valence-electron chi connectivity index (χ3n) is 3.60. The summed E-state index contributed by atoms with van der Waals surface area (Å²) >= 11 is 0. The van der Waals surface area contributed by atoms with Gasteiger partial charge in [0.25, 0.3) is 0 Å². The standard InChI is InChI=1S/C15H21NO/c1-9-6-13-10(2)8-15(4,5)16-14(13)7-12(9)11(3)17/h6-7,10,16H,8H2,1-5H3. The van der Waals surface area contributed by atoms with Gasteiger partial charge in [-0.3, -0.25) is 4.79 Å². The van der Waals surface area contributed by atoms with Crippen LogP contribution in [0.5, 0.6) is 0 Å². The lowest BCUT2D eigenvalue weighted by Crippen LogP contribution is -2.36. The van der Waals surface area contributed by atoms with Crippen molar-refractivity contribution in [3.05, 3.63) is 28.8 Å². The zero-order chi connectivity index (χ0) is 12.8. The molecule has 1 unspecified atom stereocenters. The third-order valence-corrected chi connectivity index (χ3v) is 3.60. The van der Waals surface area contributed by atoms with Gasteiger partial charge in [0.05, 0.1) is 0 Å². The molecule has 1 N–H and O–H groups in total. The van der Waals surface area contributed by atoms with Crippen molar-refractivity contribution in [3.8, 4) is 0 Å². The van der Waals surface area contributed by atoms with Gasteiger partial charge in [-0.1, -0.05) is 13.0 Å². The molecule has 0 bridgehead atoms. The third kappa shape index (κ3) is 2.21. The van der Waals surface area contributed by atoms with E-state index in [2.05, 4.69) is 32.2 Å². The molecule has 1 aromatic carbocycles. The molecule has 0 amide bonds. The minimum Gasteiger partial charge on any atom is -0.380 e. The second kappa shape index (κ2) is 3.86. The molecule has 92 valence electrons. The number of nitrogens with one attached hydrogen (secondary N) is 1. The average molecular weight is 231 g/mol. The molecule has 2 rings (SSSR count). The Morgan fingerprint density at radius 2 is 2.06 bits per heavy atom. The van der Waals surface area contributed by atoms with E-state index in [-0.39, 0.29) is 11.3 Å². The Balaban J connectivity index is 2.55. The minimum atomic E-state index is 0.107. The number of hydrogen-bond acceptors (Lipinski definition) is 2. The van der Waals surface area contributed by atoms with Gasteiger partial charge < -0.3 is 5.32 Å². The van der Waals surface area contributed by atoms with Gasteiger partial charge in [0, 0.05) is 16.8 Å². The number of fused-ring (bicyclic) bond motifs is 1. The van der Waals surface area contributed by atoms with Crippen molar-refractivity contribution in [2.75, 3.05) is 5.32 Å². The van der Waals surface area contributed by atoms with Crippen LogP contribution in [0.1, 0.15) is 61.5 Å². The first-order chi connectivity index (χ1) is 7.80. The summed E-state index contributed by atoms with van der Waals surface area (Å²) in [6, 6.07) is 4.18. The summed E-state index contributed by atoms with van der Waals surface area (Å²) in [4.78, 5) is 11.6. The Morgan fingerprint density at radius 1 is 1.41 bits per heavy atom. The lowest BCUT2D eigenvalue weighted by Gasteiger charge is -2.38. The number of hydrogen-bond donors (Lipinski definition) is 1. The average Bonchev–Trinajstić information content (AvgIpc) is 2.17. The maximum atomic E-state index is 11.6. The summed E-state index contributed by atoms with van der Waals surface area (Å²) in [7, 11) is 0. The summed E-state index contributed by atoms with van der Waals surface area (Å²) in [5, 5.41) is 3.54. The quantitative estimate of drug-likeness (QED) is 0.743. The molecule has 0 fully saturated rings. The van der Waals surface area contributed by atoms with Crippen molar-refractivity contribution in [2.45, 2.75) is 52.5 Å². The highest BCUT2D eigenvalue weighted by Gasteiger charge is 2.29. The van der Waals surface area contributed by atoms with Crippen molar-refractivity contribution in [2.24, 2.45) is 0 Å². The van der Waals surface area contributed by atoms with Crippen LogP contribution in [0.25, 0.3) is 0 Å². The predicted molar refractivity (Wildman–Crippen MR) is 71.9 cm³/mol. The van der Waals surface area contributed by atoms with Crippen molar-refractivity contribution >= 4 is 11.5 Å². The Kier molecular flexibility index (Phi) is 2.76. The Bertz CT molecular complexity index is 474. The maximum absolute atomic E-state index is 11.6. The van der Waals surface area contributed by atoms with Crippen LogP contribution in [0.2, 0.25) is 0 Å². The van der Waals surface area contributed by atoms with Crippen LogP contribution < -0.4 is 5.32 Å². The molecule has 0 aliphatic carbocycles. The first kappa shape index (κ1) is 12.2. The first-order valence-electron chi connectivity index (χ1n) is 6.24. The minimum absolute atomic E-state index is 0.107. The van der Waals surface area contributed by atoms with Gasteiger partial charge in [0.1, 0.15) is 0 Å². The zero-order valence-corrected chi connectivity index (χ0v) is 11.3. The molecule has 2 nitrogen and oxygen atoms in total. The molecule has 0 aromatic heterocycles. The van der Waals surface area contributed by atoms with Crippen molar-refractivity contribution in [3.63, 3.8) is 0 Å². The van der Waals surface area contributed by atoms with Crippen LogP contribution in [0.15, 0.2) is 12.1 Å². The first-order valence-corrected chi connectivity index (χ1v) is 6.24. The second-order valence-corrected chi connectivity index (χ2v) is 5.92. The number of carbonyl (C=O) groups is 1. The zero-order valence-electron chi connectivity index (χ0n) is 11.3. The highest BCUT2D eigenvalue weighted by Crippen LogP contribution is 2.39. The van der Waals surface area contributed by atoms with E-state index in [0.717, 1.165) is 23.2 Å². The molecule has 1 atom stereocenters. The van der Waals surface area contributed by atoms with Crippen LogP contribution in [0.3, 0.4) is 0 Å². The summed E-state index contributed by atoms with van der Waals surface area (Å²) in [5.41, 5.74) is 4.50. The molecule has 0 radical (unpaired) electrons. The molecule has 1 aliphatic heterocycles. The number of carbonyl (C=O) groups excluding carboxylic acids is 1. The number of ketones is 1. The largest absolute Gasteiger partial charge is 0.380 e. The lowest BCUT2D eigenvalue weighted by molar-refractivity contribution is 0.101. The van der Waals surface area contributed by atoms with E-state index in [1.54, 1.807) is 6.92 Å². The van der Waals surface area contributed by atoms with E-state index in [9.17, 15) is 4.79 Å². The molecule has 1 heterocycles. The summed E-state index contributed by atoms with van der Waals surface area (Å²) in [5.74, 6) is 0.684. The van der Waals surface area contributed by atoms with Gasteiger partial charge in [-0.2, -0.15) is 0 Å². The van der Waals surface area contributed by atoms with Gasteiger partial charge in [-0.25, -0.2) is 0 Å². The van der Waals surface area contributed by atoms with Gasteiger partial charge in [-0.05, 0) is 57.2 Å². The smallest absolute Gasteiger partial charge is 0.160 e. The SMILES string of the molecule is CC(=O)c1cc2c(cc1C)C(C)CC(C)(C)N2. The number of aryl methyl sites for hydroxylation is 1. The molecule has 1 aliphatic rings. The molecular formula is C15H21NO. The molecule has 1 aromatic rings. The van der Waals surface area contributed by atoms with Crippen molar-refractivity contribution in [1.82, 2.24) is 0 Å². The van der Waals surface area contributed by atoms with Gasteiger partial charge in [0.2, 0.25) is 0 Å². The highest BCUT2D eigenvalue weighted by atomic mass is 16.1. The predicted octanol–water partition coefficient (Wildman–Crippen LogP) is 3.90. The maximum Gasteiger partial charge on any atom is 0.160 e. The molecule has 0 saturated heterocycles. The Labute approximate surface area is 103 Å². The van der Waals surface area contributed by atoms with Crippen LogP contribution in [0.4, 0.5) is 5.69 Å². The van der Waals surface area contributed by atoms with Crippen LogP contribution in [-0.4, -0.2) is 11.3 Å². The van der Waals surface area contributed by atoms with E-state index in [4.69, 9.17) is 0 Å². The van der Waals surface area contributed by atoms with E-state index < -0.39 is 0 Å². The normalized spacial score (nSPS) is 21.6. The van der Waals surface area contributed by atoms with E-state index in [1.165, 1.54) is 5.56 Å². The number of benzene rings is 1. The van der Waals surface area contributed by atoms with Crippen LogP contribution >= 0.6 is 0 Å². The van der Waals surface area contributed by atoms with Crippen molar-refractivity contribution in [1.29, 1.82) is 0 Å². The molecular weight excluding hydrogens is 210 g/mol. The van der Waals surface area contributed by atoms with Gasteiger partial charge in [-0.15, -0.1) is 0 Å². The fourth-order valence-corrected chi connectivity index (χ4v) is 2.92. The summed E-state index contributed by atoms with van der Waals surface area (Å²) < 4.78 is 0. The van der Waals surface area contributed by atoms with E-state index in [0.29, 0.717) is 5.92 Å². The second-order valence-electron chi connectivity index (χ2n) is 5.92. The Hall–Kier alpha value is -1.31. The molecule has 0 spiro atoms. The number of anilines is 1. The van der Waals surface area contributed by atoms with E-state index >= 15 is 0 Å². The molecule has 0 saturated carbocycles. The summed E-state index contributed by atoms with van der Waals surface area (Å²) in [6.45, 7) is 10.3. The fraction of sp³-hybridized carbons (Fsp3) is 0.533. The number of rotatable bonds is 1. The Morgan fingerprint density at radius 3 is 2.65 bits per heavy atom. The van der Waals surface area contributed by atoms with Crippen LogP contribution in [0, 0.1) is 6.92 Å². The molecule has 17 heavy (non-hydrogen) atoms. The van der Waals surface area contributed by atoms with Crippen molar-refractivity contribution < 1.29 is 4.79 Å². The molecule has 2 heteroatoms. The topological polar surface area (TPSA) is 29.1 Å². The van der Waals surface area contributed by atoms with E-state index in [1.807, 2.05) is 13.0 Å². The monoisotopic (exact) mass is 231 g/mol. The highest BCUT2D eigenvalue weighted by molar-refractivity contribution is 5.96. The van der Waals surface area contributed by atoms with Crippen LogP contribution in [-0.2, 0) is 0 Å². The van der Waals surface area contributed by atoms with Gasteiger partial charge >= 0.3 is 0 Å². The van der Waals surface area contributed by atoms with Gasteiger partial charge in [0.15, 0.2) is 5.78 Å². The number of Topliss-reactive ketones (excluding diaryl/α,β-unsaturated/α-hetero) is 1. The lowest BCUT2D eigenvalue weighted by atomic mass is 9.80. The summed E-state index contributed by atoms with van der Waals surface area (Å²) in [6.07, 6.45) is 1.12. The fourth-order valence-electron chi connectivity index (χ4n) is 2.92.